The normalized spacial score (nSPS) is 13.2. The molecule has 1 atom stereocenters. The zero-order chi connectivity index (χ0) is 12.7. The van der Waals surface area contributed by atoms with Gasteiger partial charge in [0.2, 0.25) is 0 Å². The monoisotopic (exact) mass is 257 g/mol. The van der Waals surface area contributed by atoms with E-state index in [4.69, 9.17) is 4.74 Å². The van der Waals surface area contributed by atoms with E-state index in [0.717, 1.165) is 0 Å². The lowest BCUT2D eigenvalue weighted by atomic mass is 10.4. The minimum atomic E-state index is -3.56. The molecule has 0 bridgehead atoms. The second kappa shape index (κ2) is 6.48. The molecule has 0 radical (unpaired) electrons. The van der Waals surface area contributed by atoms with Gasteiger partial charge < -0.3 is 9.84 Å². The van der Waals surface area contributed by atoms with Gasteiger partial charge in [-0.05, 0) is 12.1 Å². The molecule has 1 rings (SSSR count). The highest BCUT2D eigenvalue weighted by atomic mass is 32.2. The number of rotatable bonds is 7. The largest absolute Gasteiger partial charge is 0.390 e. The third kappa shape index (κ3) is 4.64. The summed E-state index contributed by atoms with van der Waals surface area (Å²) >= 11 is 0. The molecule has 0 saturated carbocycles. The van der Waals surface area contributed by atoms with Crippen molar-refractivity contribution in [3.8, 4) is 0 Å². The summed E-state index contributed by atoms with van der Waals surface area (Å²) in [7, 11) is -3.56. The van der Waals surface area contributed by atoms with E-state index in [1.165, 1.54) is 18.3 Å². The van der Waals surface area contributed by atoms with Crippen molar-refractivity contribution in [1.29, 1.82) is 0 Å². The van der Waals surface area contributed by atoms with E-state index in [-0.39, 0.29) is 18.2 Å². The Labute approximate surface area is 101 Å². The number of hydrogen-bond acceptors (Lipinski definition) is 5. The van der Waals surface area contributed by atoms with E-state index in [2.05, 4.69) is 11.6 Å². The van der Waals surface area contributed by atoms with Crippen LogP contribution in [0.25, 0.3) is 0 Å². The molecule has 17 heavy (non-hydrogen) atoms. The molecule has 1 aromatic rings. The van der Waals surface area contributed by atoms with E-state index >= 15 is 0 Å². The summed E-state index contributed by atoms with van der Waals surface area (Å²) in [6.07, 6.45) is 1.86. The summed E-state index contributed by atoms with van der Waals surface area (Å²) in [6.45, 7) is 3.68. The van der Waals surface area contributed by atoms with Gasteiger partial charge in [0.25, 0.3) is 0 Å². The van der Waals surface area contributed by atoms with Gasteiger partial charge in [-0.3, -0.25) is 0 Å². The van der Waals surface area contributed by atoms with Crippen LogP contribution in [0.2, 0.25) is 0 Å². The summed E-state index contributed by atoms with van der Waals surface area (Å²) in [6, 6.07) is 4.61. The quantitative estimate of drug-likeness (QED) is 0.566. The first kappa shape index (κ1) is 13.8. The van der Waals surface area contributed by atoms with Gasteiger partial charge in [0.05, 0.1) is 25.1 Å². The number of hydrogen-bond donors (Lipinski definition) is 1. The highest BCUT2D eigenvalue weighted by Gasteiger charge is 2.20. The van der Waals surface area contributed by atoms with Crippen LogP contribution >= 0.6 is 0 Å². The Morgan fingerprint density at radius 1 is 1.53 bits per heavy atom. The zero-order valence-electron chi connectivity index (χ0n) is 9.32. The van der Waals surface area contributed by atoms with Gasteiger partial charge >= 0.3 is 0 Å². The molecular formula is C11H15NO4S. The zero-order valence-corrected chi connectivity index (χ0v) is 10.1. The fourth-order valence-electron chi connectivity index (χ4n) is 1.21. The van der Waals surface area contributed by atoms with Crippen molar-refractivity contribution in [2.75, 3.05) is 19.0 Å². The van der Waals surface area contributed by atoms with Crippen molar-refractivity contribution in [2.24, 2.45) is 0 Å². The van der Waals surface area contributed by atoms with Gasteiger partial charge in [-0.25, -0.2) is 13.4 Å². The molecule has 1 N–H and O–H groups in total. The Morgan fingerprint density at radius 2 is 2.29 bits per heavy atom. The third-order valence-electron chi connectivity index (χ3n) is 1.91. The molecule has 5 nitrogen and oxygen atoms in total. The van der Waals surface area contributed by atoms with E-state index < -0.39 is 21.7 Å². The van der Waals surface area contributed by atoms with Crippen molar-refractivity contribution in [3.63, 3.8) is 0 Å². The van der Waals surface area contributed by atoms with Gasteiger partial charge in [0.1, 0.15) is 0 Å². The van der Waals surface area contributed by atoms with E-state index in [9.17, 15) is 13.5 Å². The first-order valence-electron chi connectivity index (χ1n) is 5.07. The van der Waals surface area contributed by atoms with Crippen LogP contribution < -0.4 is 0 Å². The molecule has 0 aliphatic heterocycles. The molecule has 6 heteroatoms. The molecule has 0 saturated heterocycles. The lowest BCUT2D eigenvalue weighted by molar-refractivity contribution is 0.0615. The van der Waals surface area contributed by atoms with Crippen molar-refractivity contribution in [2.45, 2.75) is 11.1 Å². The van der Waals surface area contributed by atoms with E-state index in [1.54, 1.807) is 12.1 Å². The van der Waals surface area contributed by atoms with Gasteiger partial charge in [0.15, 0.2) is 14.9 Å². The second-order valence-electron chi connectivity index (χ2n) is 3.43. The van der Waals surface area contributed by atoms with E-state index in [0.29, 0.717) is 0 Å². The number of nitrogens with zero attached hydrogens (tertiary/aromatic N) is 1. The lowest BCUT2D eigenvalue weighted by Gasteiger charge is -2.10. The summed E-state index contributed by atoms with van der Waals surface area (Å²) in [5.41, 5.74) is 0. The minimum Gasteiger partial charge on any atom is -0.390 e. The fourth-order valence-corrected chi connectivity index (χ4v) is 2.49. The molecule has 0 aliphatic carbocycles. The molecule has 0 aromatic carbocycles. The van der Waals surface area contributed by atoms with Crippen LogP contribution in [-0.4, -0.2) is 43.6 Å². The number of aromatic nitrogens is 1. The van der Waals surface area contributed by atoms with Crippen molar-refractivity contribution in [3.05, 3.63) is 37.1 Å². The second-order valence-corrected chi connectivity index (χ2v) is 5.41. The highest BCUT2D eigenvalue weighted by Crippen LogP contribution is 2.08. The molecule has 1 heterocycles. The molecule has 0 amide bonds. The molecular weight excluding hydrogens is 242 g/mol. The molecule has 0 fully saturated rings. The highest BCUT2D eigenvalue weighted by molar-refractivity contribution is 7.91. The van der Waals surface area contributed by atoms with Crippen molar-refractivity contribution < 1.29 is 18.3 Å². The van der Waals surface area contributed by atoms with Crippen LogP contribution in [0.4, 0.5) is 0 Å². The molecule has 1 aromatic heterocycles. The van der Waals surface area contributed by atoms with Gasteiger partial charge in [0, 0.05) is 6.20 Å². The molecule has 0 spiro atoms. The number of sulfone groups is 1. The summed E-state index contributed by atoms with van der Waals surface area (Å²) < 4.78 is 28.5. The molecule has 0 unspecified atom stereocenters. The van der Waals surface area contributed by atoms with Crippen molar-refractivity contribution >= 4 is 9.84 Å². The van der Waals surface area contributed by atoms with Crippen molar-refractivity contribution in [1.82, 2.24) is 4.98 Å². The number of aliphatic hydroxyl groups is 1. The Hall–Kier alpha value is -1.24. The topological polar surface area (TPSA) is 76.5 Å². The predicted molar refractivity (Wildman–Crippen MR) is 63.3 cm³/mol. The Kier molecular flexibility index (Phi) is 5.27. The predicted octanol–water partition coefficient (Wildman–Crippen LogP) is 0.419. The fraction of sp³-hybridized carbons (Fsp3) is 0.364. The van der Waals surface area contributed by atoms with E-state index in [1.807, 2.05) is 0 Å². The SMILES string of the molecule is C=CCOC[C@@H](O)CS(=O)(=O)c1ccccn1. The smallest absolute Gasteiger partial charge is 0.198 e. The first-order chi connectivity index (χ1) is 8.06. The summed E-state index contributed by atoms with van der Waals surface area (Å²) in [5, 5.41) is 9.47. The number of ether oxygens (including phenoxy) is 1. The minimum absolute atomic E-state index is 0.0391. The van der Waals surface area contributed by atoms with Crippen LogP contribution in [0, 0.1) is 0 Å². The third-order valence-corrected chi connectivity index (χ3v) is 3.62. The maximum Gasteiger partial charge on any atom is 0.198 e. The van der Waals surface area contributed by atoms with Crippen LogP contribution in [0.3, 0.4) is 0 Å². The maximum atomic E-state index is 11.8. The van der Waals surface area contributed by atoms with Crippen LogP contribution in [0.1, 0.15) is 0 Å². The Balaban J connectivity index is 2.58. The van der Waals surface area contributed by atoms with Crippen LogP contribution in [0.15, 0.2) is 42.1 Å². The summed E-state index contributed by atoms with van der Waals surface area (Å²) in [4.78, 5) is 3.74. The van der Waals surface area contributed by atoms with Gasteiger partial charge in [-0.2, -0.15) is 0 Å². The van der Waals surface area contributed by atoms with Gasteiger partial charge in [-0.15, -0.1) is 6.58 Å². The van der Waals surface area contributed by atoms with Gasteiger partial charge in [-0.1, -0.05) is 12.1 Å². The standard InChI is InChI=1S/C11H15NO4S/c1-2-7-16-8-10(13)9-17(14,15)11-5-3-4-6-12-11/h2-6,10,13H,1,7-9H2/t10-/m1/s1. The Bertz CT molecular complexity index is 444. The first-order valence-corrected chi connectivity index (χ1v) is 6.72. The molecule has 0 aliphatic rings. The average molecular weight is 257 g/mol. The Morgan fingerprint density at radius 3 is 2.88 bits per heavy atom. The average Bonchev–Trinajstić information content (AvgIpc) is 2.30. The molecule has 94 valence electrons. The van der Waals surface area contributed by atoms with Crippen LogP contribution in [-0.2, 0) is 14.6 Å². The number of pyridine rings is 1. The number of aliphatic hydroxyl groups excluding tert-OH is 1. The van der Waals surface area contributed by atoms with Crippen LogP contribution in [0.5, 0.6) is 0 Å². The lowest BCUT2D eigenvalue weighted by Crippen LogP contribution is -2.26. The maximum absolute atomic E-state index is 11.8. The summed E-state index contributed by atoms with van der Waals surface area (Å²) in [5.74, 6) is -0.402.